The number of carboxylic acid groups (broad SMARTS) is 1. The molecule has 0 saturated carbocycles. The molecule has 8 nitrogen and oxygen atoms in total. The molecule has 0 aromatic carbocycles. The second kappa shape index (κ2) is 7.57. The van der Waals surface area contributed by atoms with Crippen LogP contribution < -0.4 is 10.6 Å². The minimum atomic E-state index is -1.63. The number of carbonyl (C=O) groups is 3. The number of aliphatic carboxylic acids is 1. The van der Waals surface area contributed by atoms with E-state index >= 15 is 0 Å². The van der Waals surface area contributed by atoms with E-state index in [1.807, 2.05) is 0 Å². The molecular weight excluding hydrogens is 254 g/mol. The van der Waals surface area contributed by atoms with Gasteiger partial charge in [-0.25, -0.2) is 9.59 Å². The maximum absolute atomic E-state index is 11.6. The lowest BCUT2D eigenvalue weighted by molar-refractivity contribution is -0.146. The standard InChI is InChI=1S/C11H19N3O5/c15-8(10(17)18)7-13-11(19)12-4-3-9(16)14-5-1-2-6-14/h8,15H,1-7H2,(H,17,18)(H2,12,13,19). The van der Waals surface area contributed by atoms with E-state index in [2.05, 4.69) is 10.6 Å². The number of urea groups is 1. The highest BCUT2D eigenvalue weighted by Gasteiger charge is 2.17. The highest BCUT2D eigenvalue weighted by Crippen LogP contribution is 2.08. The Morgan fingerprint density at radius 1 is 1.16 bits per heavy atom. The van der Waals surface area contributed by atoms with Crippen LogP contribution in [0.1, 0.15) is 19.3 Å². The van der Waals surface area contributed by atoms with E-state index in [9.17, 15) is 14.4 Å². The molecule has 0 bridgehead atoms. The van der Waals surface area contributed by atoms with Crippen molar-refractivity contribution in [3.05, 3.63) is 0 Å². The van der Waals surface area contributed by atoms with Crippen LogP contribution in [0.4, 0.5) is 4.79 Å². The van der Waals surface area contributed by atoms with Gasteiger partial charge >= 0.3 is 12.0 Å². The Labute approximate surface area is 110 Å². The second-order valence-electron chi connectivity index (χ2n) is 4.33. The molecule has 4 N–H and O–H groups in total. The van der Waals surface area contributed by atoms with E-state index in [1.54, 1.807) is 4.90 Å². The lowest BCUT2D eigenvalue weighted by Gasteiger charge is -2.15. The summed E-state index contributed by atoms with van der Waals surface area (Å²) in [4.78, 5) is 34.9. The third-order valence-electron chi connectivity index (χ3n) is 2.82. The van der Waals surface area contributed by atoms with E-state index in [-0.39, 0.29) is 25.4 Å². The number of likely N-dealkylation sites (tertiary alicyclic amines) is 1. The van der Waals surface area contributed by atoms with Crippen LogP contribution in [-0.2, 0) is 9.59 Å². The first-order valence-corrected chi connectivity index (χ1v) is 6.21. The first-order valence-electron chi connectivity index (χ1n) is 6.21. The molecule has 0 aliphatic carbocycles. The Kier molecular flexibility index (Phi) is 6.07. The van der Waals surface area contributed by atoms with Crippen LogP contribution in [0.3, 0.4) is 0 Å². The van der Waals surface area contributed by atoms with Crippen molar-refractivity contribution in [2.75, 3.05) is 26.2 Å². The van der Waals surface area contributed by atoms with E-state index < -0.39 is 18.1 Å². The first kappa shape index (κ1) is 15.2. The number of amides is 3. The Hall–Kier alpha value is -1.83. The molecular formula is C11H19N3O5. The molecule has 3 amide bonds. The summed E-state index contributed by atoms with van der Waals surface area (Å²) in [6.07, 6.45) is 0.631. The van der Waals surface area contributed by atoms with Gasteiger partial charge in [0.05, 0.1) is 6.54 Å². The molecule has 1 heterocycles. The van der Waals surface area contributed by atoms with Crippen molar-refractivity contribution >= 4 is 17.9 Å². The molecule has 1 rings (SSSR count). The number of rotatable bonds is 6. The molecule has 0 aromatic heterocycles. The molecule has 8 heteroatoms. The van der Waals surface area contributed by atoms with Crippen molar-refractivity contribution in [1.82, 2.24) is 15.5 Å². The lowest BCUT2D eigenvalue weighted by Crippen LogP contribution is -2.43. The van der Waals surface area contributed by atoms with Crippen molar-refractivity contribution in [2.24, 2.45) is 0 Å². The first-order chi connectivity index (χ1) is 9.00. The Morgan fingerprint density at radius 3 is 2.37 bits per heavy atom. The summed E-state index contributed by atoms with van der Waals surface area (Å²) in [7, 11) is 0. The van der Waals surface area contributed by atoms with Crippen molar-refractivity contribution < 1.29 is 24.6 Å². The summed E-state index contributed by atoms with van der Waals surface area (Å²) in [5.41, 5.74) is 0. The van der Waals surface area contributed by atoms with Crippen molar-refractivity contribution in [3.63, 3.8) is 0 Å². The highest BCUT2D eigenvalue weighted by atomic mass is 16.4. The lowest BCUT2D eigenvalue weighted by atomic mass is 10.3. The zero-order valence-corrected chi connectivity index (χ0v) is 10.6. The van der Waals surface area contributed by atoms with Gasteiger partial charge in [-0.2, -0.15) is 0 Å². The molecule has 1 aliphatic rings. The van der Waals surface area contributed by atoms with Gasteiger partial charge in [0.15, 0.2) is 6.10 Å². The molecule has 0 radical (unpaired) electrons. The zero-order chi connectivity index (χ0) is 14.3. The van der Waals surface area contributed by atoms with Crippen LogP contribution in [0, 0.1) is 0 Å². The van der Waals surface area contributed by atoms with Crippen LogP contribution in [0.5, 0.6) is 0 Å². The SMILES string of the molecule is O=C(NCCC(=O)N1CCCC1)NCC(O)C(=O)O. The number of nitrogens with zero attached hydrogens (tertiary/aromatic N) is 1. The maximum atomic E-state index is 11.6. The van der Waals surface area contributed by atoms with Crippen LogP contribution in [0.15, 0.2) is 0 Å². The number of nitrogens with one attached hydrogen (secondary N) is 2. The fraction of sp³-hybridized carbons (Fsp3) is 0.727. The molecule has 0 aromatic rings. The van der Waals surface area contributed by atoms with Gasteiger partial charge in [0.25, 0.3) is 0 Å². The van der Waals surface area contributed by atoms with Crippen molar-refractivity contribution in [2.45, 2.75) is 25.4 Å². The van der Waals surface area contributed by atoms with Gasteiger partial charge in [-0.05, 0) is 12.8 Å². The van der Waals surface area contributed by atoms with Gasteiger partial charge < -0.3 is 25.7 Å². The third-order valence-corrected chi connectivity index (χ3v) is 2.82. The molecule has 1 saturated heterocycles. The summed E-state index contributed by atoms with van der Waals surface area (Å²) in [6.45, 7) is 1.36. The van der Waals surface area contributed by atoms with Gasteiger partial charge in [0.2, 0.25) is 5.91 Å². The van der Waals surface area contributed by atoms with Crippen molar-refractivity contribution in [3.8, 4) is 0 Å². The van der Waals surface area contributed by atoms with Gasteiger partial charge in [-0.3, -0.25) is 4.79 Å². The minimum absolute atomic E-state index is 0.00312. The average molecular weight is 273 g/mol. The summed E-state index contributed by atoms with van der Waals surface area (Å²) in [5, 5.41) is 22.0. The number of carbonyl (C=O) groups excluding carboxylic acids is 2. The number of hydrogen-bond acceptors (Lipinski definition) is 4. The molecule has 1 fully saturated rings. The smallest absolute Gasteiger partial charge is 0.334 e. The van der Waals surface area contributed by atoms with E-state index in [1.165, 1.54) is 0 Å². The fourth-order valence-electron chi connectivity index (χ4n) is 1.75. The van der Waals surface area contributed by atoms with Crippen LogP contribution in [0.25, 0.3) is 0 Å². The number of aliphatic hydroxyl groups is 1. The molecule has 19 heavy (non-hydrogen) atoms. The van der Waals surface area contributed by atoms with Crippen LogP contribution >= 0.6 is 0 Å². The predicted molar refractivity (Wildman–Crippen MR) is 65.5 cm³/mol. The van der Waals surface area contributed by atoms with E-state index in [4.69, 9.17) is 10.2 Å². The molecule has 108 valence electrons. The molecule has 1 aliphatic heterocycles. The second-order valence-corrected chi connectivity index (χ2v) is 4.33. The normalized spacial score (nSPS) is 15.9. The predicted octanol–water partition coefficient (Wildman–Crippen LogP) is -1.26. The fourth-order valence-corrected chi connectivity index (χ4v) is 1.75. The summed E-state index contributed by atoms with van der Waals surface area (Å²) >= 11 is 0. The Bertz CT molecular complexity index is 341. The van der Waals surface area contributed by atoms with Gasteiger partial charge in [-0.1, -0.05) is 0 Å². The van der Waals surface area contributed by atoms with Gasteiger partial charge in [-0.15, -0.1) is 0 Å². The van der Waals surface area contributed by atoms with Crippen LogP contribution in [0.2, 0.25) is 0 Å². The number of hydrogen-bond donors (Lipinski definition) is 4. The maximum Gasteiger partial charge on any atom is 0.334 e. The van der Waals surface area contributed by atoms with Gasteiger partial charge in [0.1, 0.15) is 0 Å². The largest absolute Gasteiger partial charge is 0.479 e. The quantitative estimate of drug-likeness (QED) is 0.482. The third kappa shape index (κ3) is 5.56. The Morgan fingerprint density at radius 2 is 1.79 bits per heavy atom. The number of aliphatic hydroxyl groups excluding tert-OH is 1. The number of carboxylic acids is 1. The Balaban J connectivity index is 2.09. The average Bonchev–Trinajstić information content (AvgIpc) is 2.89. The minimum Gasteiger partial charge on any atom is -0.479 e. The summed E-state index contributed by atoms with van der Waals surface area (Å²) in [6, 6.07) is -0.602. The zero-order valence-electron chi connectivity index (χ0n) is 10.6. The monoisotopic (exact) mass is 273 g/mol. The topological polar surface area (TPSA) is 119 Å². The van der Waals surface area contributed by atoms with Gasteiger partial charge in [0, 0.05) is 26.1 Å². The van der Waals surface area contributed by atoms with Crippen LogP contribution in [-0.4, -0.2) is 65.3 Å². The highest BCUT2D eigenvalue weighted by molar-refractivity contribution is 5.79. The molecule has 1 atom stereocenters. The van der Waals surface area contributed by atoms with E-state index in [0.717, 1.165) is 25.9 Å². The summed E-state index contributed by atoms with van der Waals surface area (Å²) in [5.74, 6) is -1.40. The van der Waals surface area contributed by atoms with Crippen molar-refractivity contribution in [1.29, 1.82) is 0 Å². The molecule has 0 spiro atoms. The van der Waals surface area contributed by atoms with E-state index in [0.29, 0.717) is 0 Å². The molecule has 1 unspecified atom stereocenters. The summed E-state index contributed by atoms with van der Waals surface area (Å²) < 4.78 is 0.